The van der Waals surface area contributed by atoms with Gasteiger partial charge in [-0.25, -0.2) is 4.98 Å². The number of hydrogen-bond donors (Lipinski definition) is 1. The number of ketones is 1. The summed E-state index contributed by atoms with van der Waals surface area (Å²) in [6.45, 7) is 9.00. The van der Waals surface area contributed by atoms with Crippen LogP contribution in [0.25, 0.3) is 11.4 Å². The van der Waals surface area contributed by atoms with Crippen LogP contribution in [-0.2, 0) is 9.59 Å². The minimum Gasteiger partial charge on any atom is -0.505 e. The van der Waals surface area contributed by atoms with Crippen LogP contribution in [0, 0.1) is 6.92 Å². The number of Topliss-reactive ketones (excluding diaryl/α,β-unsaturated/α-hetero) is 1. The average molecular weight is 477 g/mol. The van der Waals surface area contributed by atoms with Crippen molar-refractivity contribution in [3.63, 3.8) is 0 Å². The van der Waals surface area contributed by atoms with Crippen molar-refractivity contribution in [2.45, 2.75) is 33.2 Å². The number of fused-ring (bicyclic) bond motifs is 1. The van der Waals surface area contributed by atoms with Gasteiger partial charge in [-0.05, 0) is 51.2 Å². The molecule has 184 valence electrons. The SMILES string of the molecule is CCN(CC)CCCN1C(=O)C(=O)C(=C(O)c2c(C)nc3ccccn23)[C@@H]1c1ccccc1OC. The summed E-state index contributed by atoms with van der Waals surface area (Å²) in [4.78, 5) is 35.0. The number of imidazole rings is 1. The first-order chi connectivity index (χ1) is 16.9. The van der Waals surface area contributed by atoms with Gasteiger partial charge in [-0.2, -0.15) is 0 Å². The Morgan fingerprint density at radius 1 is 1.11 bits per heavy atom. The smallest absolute Gasteiger partial charge is 0.295 e. The number of carbonyl (C=O) groups is 2. The number of hydrogen-bond acceptors (Lipinski definition) is 6. The van der Waals surface area contributed by atoms with Crippen LogP contribution in [0.3, 0.4) is 0 Å². The Morgan fingerprint density at radius 3 is 2.54 bits per heavy atom. The fraction of sp³-hybridized carbons (Fsp3) is 0.370. The number of pyridine rings is 1. The number of amides is 1. The summed E-state index contributed by atoms with van der Waals surface area (Å²) in [6.07, 6.45) is 2.48. The van der Waals surface area contributed by atoms with E-state index in [1.165, 1.54) is 0 Å². The second-order valence-electron chi connectivity index (χ2n) is 8.59. The number of aliphatic hydroxyl groups is 1. The molecule has 0 aliphatic carbocycles. The highest BCUT2D eigenvalue weighted by atomic mass is 16.5. The number of likely N-dealkylation sites (tertiary alicyclic amines) is 1. The van der Waals surface area contributed by atoms with Gasteiger partial charge in [0.2, 0.25) is 0 Å². The van der Waals surface area contributed by atoms with Gasteiger partial charge in [0.05, 0.1) is 24.4 Å². The Bertz CT molecular complexity index is 1280. The van der Waals surface area contributed by atoms with E-state index in [1.807, 2.05) is 36.4 Å². The Kier molecular flexibility index (Phi) is 7.21. The van der Waals surface area contributed by atoms with Crippen LogP contribution in [0.5, 0.6) is 5.75 Å². The maximum Gasteiger partial charge on any atom is 0.295 e. The van der Waals surface area contributed by atoms with E-state index < -0.39 is 17.7 Å². The minimum absolute atomic E-state index is 0.0519. The van der Waals surface area contributed by atoms with Crippen LogP contribution in [0.2, 0.25) is 0 Å². The van der Waals surface area contributed by atoms with Crippen LogP contribution in [0.1, 0.15) is 43.3 Å². The van der Waals surface area contributed by atoms with Crippen molar-refractivity contribution in [1.82, 2.24) is 19.2 Å². The zero-order valence-corrected chi connectivity index (χ0v) is 20.7. The average Bonchev–Trinajstić information content (AvgIpc) is 3.34. The standard InChI is InChI=1S/C27H32N4O4/c1-5-29(6-2)15-11-17-31-24(19-12-7-8-13-20(19)35-4)22(26(33)27(31)34)25(32)23-18(3)28-21-14-9-10-16-30(21)23/h7-10,12-14,16,24,32H,5-6,11,15,17H2,1-4H3/t24-/m0/s1. The number of ether oxygens (including phenoxy) is 1. The second-order valence-corrected chi connectivity index (χ2v) is 8.59. The molecule has 1 fully saturated rings. The highest BCUT2D eigenvalue weighted by molar-refractivity contribution is 6.46. The normalized spacial score (nSPS) is 17.6. The molecule has 3 heterocycles. The Hall–Kier alpha value is -3.65. The predicted molar refractivity (Wildman–Crippen MR) is 134 cm³/mol. The largest absolute Gasteiger partial charge is 0.505 e. The van der Waals surface area contributed by atoms with Gasteiger partial charge >= 0.3 is 0 Å². The van der Waals surface area contributed by atoms with Crippen LogP contribution in [-0.4, -0.2) is 69.3 Å². The molecule has 8 nitrogen and oxygen atoms in total. The van der Waals surface area contributed by atoms with Gasteiger partial charge in [-0.3, -0.25) is 14.0 Å². The first kappa shape index (κ1) is 24.5. The number of nitrogens with zero attached hydrogens (tertiary/aromatic N) is 4. The van der Waals surface area contributed by atoms with E-state index in [4.69, 9.17) is 4.74 Å². The summed E-state index contributed by atoms with van der Waals surface area (Å²) in [7, 11) is 1.56. The van der Waals surface area contributed by atoms with Crippen molar-refractivity contribution >= 4 is 23.1 Å². The van der Waals surface area contributed by atoms with Crippen molar-refractivity contribution in [2.75, 3.05) is 33.3 Å². The lowest BCUT2D eigenvalue weighted by molar-refractivity contribution is -0.140. The van der Waals surface area contributed by atoms with Crippen LogP contribution >= 0.6 is 0 Å². The number of aryl methyl sites for hydroxylation is 1. The molecule has 1 aliphatic rings. The minimum atomic E-state index is -0.767. The van der Waals surface area contributed by atoms with Crippen molar-refractivity contribution in [3.05, 3.63) is 71.2 Å². The van der Waals surface area contributed by atoms with Crippen LogP contribution < -0.4 is 4.74 Å². The van der Waals surface area contributed by atoms with Gasteiger partial charge in [0.1, 0.15) is 17.1 Å². The first-order valence-corrected chi connectivity index (χ1v) is 12.0. The van der Waals surface area contributed by atoms with Crippen molar-refractivity contribution in [2.24, 2.45) is 0 Å². The number of aliphatic hydroxyl groups excluding tert-OH is 1. The Labute approximate surface area is 205 Å². The third-order valence-corrected chi connectivity index (χ3v) is 6.67. The molecule has 1 saturated heterocycles. The second kappa shape index (κ2) is 10.3. The molecule has 2 aromatic heterocycles. The number of methoxy groups -OCH3 is 1. The summed E-state index contributed by atoms with van der Waals surface area (Å²) in [6, 6.07) is 12.1. The van der Waals surface area contributed by atoms with Crippen molar-refractivity contribution in [3.8, 4) is 5.75 Å². The van der Waals surface area contributed by atoms with E-state index in [-0.39, 0.29) is 11.3 Å². The predicted octanol–water partition coefficient (Wildman–Crippen LogP) is 3.80. The zero-order valence-electron chi connectivity index (χ0n) is 20.7. The Balaban J connectivity index is 1.85. The summed E-state index contributed by atoms with van der Waals surface area (Å²) < 4.78 is 7.32. The van der Waals surface area contributed by atoms with Gasteiger partial charge in [-0.15, -0.1) is 0 Å². The van der Waals surface area contributed by atoms with Crippen LogP contribution in [0.15, 0.2) is 54.2 Å². The fourth-order valence-corrected chi connectivity index (χ4v) is 4.86. The number of benzene rings is 1. The van der Waals surface area contributed by atoms with Gasteiger partial charge in [0.15, 0.2) is 5.76 Å². The molecular weight excluding hydrogens is 444 g/mol. The van der Waals surface area contributed by atoms with E-state index in [2.05, 4.69) is 23.7 Å². The Morgan fingerprint density at radius 2 is 1.83 bits per heavy atom. The molecule has 8 heteroatoms. The molecule has 0 radical (unpaired) electrons. The molecule has 3 aromatic rings. The lowest BCUT2D eigenvalue weighted by Gasteiger charge is -2.27. The van der Waals surface area contributed by atoms with E-state index >= 15 is 0 Å². The molecule has 4 rings (SSSR count). The maximum absolute atomic E-state index is 13.4. The molecule has 35 heavy (non-hydrogen) atoms. The number of aromatic nitrogens is 2. The monoisotopic (exact) mass is 476 g/mol. The topological polar surface area (TPSA) is 87.4 Å². The molecule has 1 N–H and O–H groups in total. The molecular formula is C27H32N4O4. The molecule has 0 unspecified atom stereocenters. The van der Waals surface area contributed by atoms with E-state index in [9.17, 15) is 14.7 Å². The van der Waals surface area contributed by atoms with Gasteiger partial charge < -0.3 is 19.6 Å². The maximum atomic E-state index is 13.4. The molecule has 1 atom stereocenters. The van der Waals surface area contributed by atoms with Crippen molar-refractivity contribution in [1.29, 1.82) is 0 Å². The summed E-state index contributed by atoms with van der Waals surface area (Å²) >= 11 is 0. The molecule has 1 amide bonds. The first-order valence-electron chi connectivity index (χ1n) is 12.0. The van der Waals surface area contributed by atoms with Gasteiger partial charge in [0.25, 0.3) is 11.7 Å². The molecule has 0 spiro atoms. The summed E-state index contributed by atoms with van der Waals surface area (Å²) in [5, 5.41) is 11.5. The lowest BCUT2D eigenvalue weighted by atomic mass is 9.95. The quantitative estimate of drug-likeness (QED) is 0.287. The number of para-hydroxylation sites is 1. The zero-order chi connectivity index (χ0) is 25.1. The van der Waals surface area contributed by atoms with Crippen molar-refractivity contribution < 1.29 is 19.4 Å². The third kappa shape index (κ3) is 4.41. The fourth-order valence-electron chi connectivity index (χ4n) is 4.86. The van der Waals surface area contributed by atoms with E-state index in [0.717, 1.165) is 19.6 Å². The van der Waals surface area contributed by atoms with Gasteiger partial charge in [0, 0.05) is 18.3 Å². The summed E-state index contributed by atoms with van der Waals surface area (Å²) in [5.41, 5.74) is 2.33. The lowest BCUT2D eigenvalue weighted by Crippen LogP contribution is -2.33. The number of carbonyl (C=O) groups excluding carboxylic acids is 2. The van der Waals surface area contributed by atoms with E-state index in [1.54, 1.807) is 35.6 Å². The van der Waals surface area contributed by atoms with Gasteiger partial charge in [-0.1, -0.05) is 38.1 Å². The molecule has 0 saturated carbocycles. The van der Waals surface area contributed by atoms with E-state index in [0.29, 0.717) is 41.3 Å². The highest BCUT2D eigenvalue weighted by Gasteiger charge is 2.47. The summed E-state index contributed by atoms with van der Waals surface area (Å²) in [5.74, 6) is -1.00. The molecule has 1 aliphatic heterocycles. The highest BCUT2D eigenvalue weighted by Crippen LogP contribution is 2.43. The third-order valence-electron chi connectivity index (χ3n) is 6.67. The van der Waals surface area contributed by atoms with Crippen LogP contribution in [0.4, 0.5) is 0 Å². The molecule has 0 bridgehead atoms. The molecule has 1 aromatic carbocycles. The number of rotatable bonds is 9.